The number of nitrogens with zero attached hydrogens (tertiary/aromatic N) is 1. The lowest BCUT2D eigenvalue weighted by Crippen LogP contribution is -2.87. The van der Waals surface area contributed by atoms with E-state index in [1.165, 1.54) is 10.1 Å². The van der Waals surface area contributed by atoms with E-state index in [0.29, 0.717) is 5.56 Å². The predicted octanol–water partition coefficient (Wildman–Crippen LogP) is 0.956. The van der Waals surface area contributed by atoms with Crippen molar-refractivity contribution in [2.24, 2.45) is 0 Å². The Hall–Kier alpha value is -2.34. The second-order valence-corrected chi connectivity index (χ2v) is 7.11. The molecule has 0 bridgehead atoms. The zero-order chi connectivity index (χ0) is 17.4. The summed E-state index contributed by atoms with van der Waals surface area (Å²) in [6, 6.07) is 7.71. The topological polar surface area (TPSA) is 91.7 Å². The highest BCUT2D eigenvalue weighted by Gasteiger charge is 2.33. The van der Waals surface area contributed by atoms with Crippen LogP contribution in [0.5, 0.6) is 5.88 Å². The van der Waals surface area contributed by atoms with Crippen LogP contribution in [0.25, 0.3) is 0 Å². The molecule has 132 valence electrons. The molecule has 0 saturated heterocycles. The van der Waals surface area contributed by atoms with Gasteiger partial charge in [0.15, 0.2) is 0 Å². The molecule has 1 aliphatic carbocycles. The fourth-order valence-electron chi connectivity index (χ4n) is 4.38. The van der Waals surface area contributed by atoms with Gasteiger partial charge in [0, 0.05) is 18.0 Å². The van der Waals surface area contributed by atoms with Crippen LogP contribution in [0.3, 0.4) is 0 Å². The molecule has 2 heterocycles. The zero-order valence-electron chi connectivity index (χ0n) is 14.2. The summed E-state index contributed by atoms with van der Waals surface area (Å²) >= 11 is 0. The van der Waals surface area contributed by atoms with Gasteiger partial charge in [-0.1, -0.05) is 43.5 Å². The Morgan fingerprint density at radius 3 is 2.68 bits per heavy atom. The molecular formula is C19H24N3O3+. The van der Waals surface area contributed by atoms with E-state index in [-0.39, 0.29) is 18.0 Å². The third-order valence-corrected chi connectivity index (χ3v) is 5.61. The molecule has 2 aromatic rings. The highest BCUT2D eigenvalue weighted by atomic mass is 16.3. The summed E-state index contributed by atoms with van der Waals surface area (Å²) in [5, 5.41) is 13.0. The average Bonchev–Trinajstić information content (AvgIpc) is 2.62. The van der Waals surface area contributed by atoms with E-state index in [1.807, 2.05) is 18.2 Å². The van der Waals surface area contributed by atoms with E-state index in [9.17, 15) is 14.7 Å². The van der Waals surface area contributed by atoms with Crippen LogP contribution in [-0.2, 0) is 6.42 Å². The van der Waals surface area contributed by atoms with Crippen molar-refractivity contribution in [2.75, 3.05) is 6.54 Å². The summed E-state index contributed by atoms with van der Waals surface area (Å²) in [7, 11) is 0. The molecule has 4 N–H and O–H groups in total. The molecule has 1 aliphatic heterocycles. The van der Waals surface area contributed by atoms with Crippen molar-refractivity contribution >= 4 is 0 Å². The quantitative estimate of drug-likeness (QED) is 0.759. The van der Waals surface area contributed by atoms with Gasteiger partial charge in [0.2, 0.25) is 5.88 Å². The Kier molecular flexibility index (Phi) is 4.21. The number of quaternary nitrogens is 1. The summed E-state index contributed by atoms with van der Waals surface area (Å²) in [6.07, 6.45) is 5.92. The monoisotopic (exact) mass is 342 g/mol. The number of H-pyrrole nitrogens is 1. The number of rotatable bonds is 2. The van der Waals surface area contributed by atoms with Crippen molar-refractivity contribution in [3.05, 3.63) is 61.8 Å². The van der Waals surface area contributed by atoms with Crippen LogP contribution in [0, 0.1) is 0 Å². The van der Waals surface area contributed by atoms with Gasteiger partial charge in [-0.25, -0.2) is 4.79 Å². The van der Waals surface area contributed by atoms with E-state index in [1.54, 1.807) is 0 Å². The summed E-state index contributed by atoms with van der Waals surface area (Å²) in [4.78, 5) is 27.4. The normalized spacial score (nSPS) is 21.0. The molecule has 1 fully saturated rings. The first-order valence-electron chi connectivity index (χ1n) is 9.15. The molecule has 4 rings (SSSR count). The minimum atomic E-state index is -0.498. The highest BCUT2D eigenvalue weighted by Crippen LogP contribution is 2.33. The van der Waals surface area contributed by atoms with Crippen LogP contribution >= 0.6 is 0 Å². The van der Waals surface area contributed by atoms with Crippen molar-refractivity contribution < 1.29 is 10.4 Å². The van der Waals surface area contributed by atoms with E-state index in [2.05, 4.69) is 16.4 Å². The Morgan fingerprint density at radius 1 is 1.12 bits per heavy atom. The molecule has 1 saturated carbocycles. The van der Waals surface area contributed by atoms with E-state index < -0.39 is 11.2 Å². The van der Waals surface area contributed by atoms with Crippen LogP contribution in [-0.4, -0.2) is 21.2 Å². The number of fused-ring (bicyclic) bond motifs is 1. The fourth-order valence-corrected chi connectivity index (χ4v) is 4.38. The summed E-state index contributed by atoms with van der Waals surface area (Å²) in [5.74, 6) is -0.154. The summed E-state index contributed by atoms with van der Waals surface area (Å²) in [6.45, 7) is 0.850. The van der Waals surface area contributed by atoms with Crippen molar-refractivity contribution in [1.82, 2.24) is 9.55 Å². The van der Waals surface area contributed by atoms with Crippen LogP contribution in [0.2, 0.25) is 0 Å². The number of benzene rings is 1. The maximum Gasteiger partial charge on any atom is 0.331 e. The van der Waals surface area contributed by atoms with E-state index in [4.69, 9.17) is 0 Å². The van der Waals surface area contributed by atoms with Gasteiger partial charge in [0.05, 0.1) is 6.54 Å². The van der Waals surface area contributed by atoms with E-state index >= 15 is 0 Å². The molecule has 0 spiro atoms. The molecule has 0 unspecified atom stereocenters. The SMILES string of the molecule is O=c1[nH]c(=O)n(C2CCCCC2)c(O)c1[C@@H]1[NH2+]CCc2ccccc21. The second-order valence-electron chi connectivity index (χ2n) is 7.11. The standard InChI is InChI=1S/C19H23N3O3/c23-17-15(16-14-9-5-4-6-12(14)10-11-20-16)18(24)22(19(25)21-17)13-7-2-1-3-8-13/h4-6,9,13,16,20,24H,1-3,7-8,10-11H2,(H,21,23,25)/p+1/t16-/m1/s1. The van der Waals surface area contributed by atoms with Gasteiger partial charge in [0.25, 0.3) is 5.56 Å². The summed E-state index contributed by atoms with van der Waals surface area (Å²) in [5.41, 5.74) is 1.57. The van der Waals surface area contributed by atoms with Gasteiger partial charge < -0.3 is 10.4 Å². The number of nitrogens with two attached hydrogens (primary N) is 1. The molecule has 1 aromatic heterocycles. The first kappa shape index (κ1) is 16.1. The molecule has 1 atom stereocenters. The molecule has 25 heavy (non-hydrogen) atoms. The maximum absolute atomic E-state index is 12.6. The molecule has 6 heteroatoms. The third kappa shape index (κ3) is 2.80. The highest BCUT2D eigenvalue weighted by molar-refractivity contribution is 5.39. The number of hydrogen-bond acceptors (Lipinski definition) is 3. The van der Waals surface area contributed by atoms with Gasteiger partial charge in [-0.3, -0.25) is 14.3 Å². The lowest BCUT2D eigenvalue weighted by molar-refractivity contribution is -0.690. The molecule has 1 aromatic carbocycles. The van der Waals surface area contributed by atoms with E-state index in [0.717, 1.165) is 50.6 Å². The first-order valence-corrected chi connectivity index (χ1v) is 9.15. The van der Waals surface area contributed by atoms with Crippen molar-refractivity contribution in [3.63, 3.8) is 0 Å². The molecule has 6 nitrogen and oxygen atoms in total. The van der Waals surface area contributed by atoms with Gasteiger partial charge in [-0.2, -0.15) is 0 Å². The first-order chi connectivity index (χ1) is 12.2. The second kappa shape index (κ2) is 6.52. The van der Waals surface area contributed by atoms with Crippen LogP contribution in [0.1, 0.15) is 60.9 Å². The van der Waals surface area contributed by atoms with Crippen LogP contribution in [0.15, 0.2) is 33.9 Å². The Morgan fingerprint density at radius 2 is 1.88 bits per heavy atom. The minimum Gasteiger partial charge on any atom is -0.494 e. The predicted molar refractivity (Wildman–Crippen MR) is 93.9 cm³/mol. The molecule has 0 radical (unpaired) electrons. The van der Waals surface area contributed by atoms with Crippen molar-refractivity contribution in [1.29, 1.82) is 0 Å². The van der Waals surface area contributed by atoms with Gasteiger partial charge in [-0.05, 0) is 18.4 Å². The number of aromatic amines is 1. The number of hydrogen-bond donors (Lipinski definition) is 3. The maximum atomic E-state index is 12.6. The average molecular weight is 342 g/mol. The van der Waals surface area contributed by atoms with Crippen LogP contribution in [0.4, 0.5) is 0 Å². The smallest absolute Gasteiger partial charge is 0.331 e. The Bertz CT molecular complexity index is 894. The lowest BCUT2D eigenvalue weighted by atomic mass is 9.90. The molecular weight excluding hydrogens is 318 g/mol. The Balaban J connectivity index is 1.86. The largest absolute Gasteiger partial charge is 0.494 e. The van der Waals surface area contributed by atoms with Crippen LogP contribution < -0.4 is 16.6 Å². The number of aromatic hydroxyl groups is 1. The number of aromatic nitrogens is 2. The van der Waals surface area contributed by atoms with Gasteiger partial charge >= 0.3 is 5.69 Å². The van der Waals surface area contributed by atoms with Gasteiger partial charge in [0.1, 0.15) is 11.6 Å². The molecule has 0 amide bonds. The van der Waals surface area contributed by atoms with Crippen molar-refractivity contribution in [3.8, 4) is 5.88 Å². The number of nitrogens with one attached hydrogen (secondary N) is 1. The lowest BCUT2D eigenvalue weighted by Gasteiger charge is -2.28. The minimum absolute atomic E-state index is 0.0318. The van der Waals surface area contributed by atoms with Gasteiger partial charge in [-0.15, -0.1) is 0 Å². The van der Waals surface area contributed by atoms with Crippen molar-refractivity contribution in [2.45, 2.75) is 50.6 Å². The Labute approximate surface area is 145 Å². The zero-order valence-corrected chi connectivity index (χ0v) is 14.2. The molecule has 2 aliphatic rings. The third-order valence-electron chi connectivity index (χ3n) is 5.61. The fraction of sp³-hybridized carbons (Fsp3) is 0.474. The summed E-state index contributed by atoms with van der Waals surface area (Å²) < 4.78 is 1.42.